The van der Waals surface area contributed by atoms with Gasteiger partial charge in [0.05, 0.1) is 27.4 Å². The van der Waals surface area contributed by atoms with Crippen LogP contribution >= 0.6 is 23.2 Å². The lowest BCUT2D eigenvalue weighted by molar-refractivity contribution is 0.0847. The normalized spacial score (nSPS) is 10.6. The molecule has 0 bridgehead atoms. The molecule has 0 spiro atoms. The molecule has 2 amide bonds. The molecule has 0 aliphatic heterocycles. The highest BCUT2D eigenvalue weighted by Crippen LogP contribution is 2.26. The molecule has 1 aromatic heterocycles. The number of rotatable bonds is 3. The highest BCUT2D eigenvalue weighted by molar-refractivity contribution is 6.33. The molecule has 0 aliphatic rings. The number of carbonyl (C=O) groups excluding carboxylic acids is 2. The van der Waals surface area contributed by atoms with Crippen molar-refractivity contribution < 1.29 is 9.59 Å². The average molecular weight is 436 g/mol. The van der Waals surface area contributed by atoms with Crippen LogP contribution in [0.4, 0.5) is 0 Å². The first-order valence-corrected chi connectivity index (χ1v) is 9.79. The van der Waals surface area contributed by atoms with Crippen LogP contribution in [-0.4, -0.2) is 16.8 Å². The lowest BCUT2D eigenvalue weighted by Crippen LogP contribution is -2.41. The topological polar surface area (TPSA) is 71.1 Å². The molecule has 0 fully saturated rings. The Morgan fingerprint density at radius 1 is 0.733 bits per heavy atom. The lowest BCUT2D eigenvalue weighted by atomic mass is 10.0. The fourth-order valence-electron chi connectivity index (χ4n) is 3.03. The van der Waals surface area contributed by atoms with E-state index in [1.54, 1.807) is 48.5 Å². The minimum absolute atomic E-state index is 0.265. The van der Waals surface area contributed by atoms with Gasteiger partial charge < -0.3 is 0 Å². The zero-order valence-electron chi connectivity index (χ0n) is 15.5. The summed E-state index contributed by atoms with van der Waals surface area (Å²) >= 11 is 12.0. The molecule has 0 unspecified atom stereocenters. The molecule has 4 rings (SSSR count). The van der Waals surface area contributed by atoms with Crippen molar-refractivity contribution in [3.63, 3.8) is 0 Å². The Kier molecular flexibility index (Phi) is 5.65. The number of fused-ring (bicyclic) bond motifs is 1. The number of nitrogens with zero attached hydrogens (tertiary/aromatic N) is 1. The van der Waals surface area contributed by atoms with Gasteiger partial charge in [0, 0.05) is 16.0 Å². The molecule has 7 heteroatoms. The number of benzene rings is 3. The molecule has 0 atom stereocenters. The lowest BCUT2D eigenvalue weighted by Gasteiger charge is -2.12. The summed E-state index contributed by atoms with van der Waals surface area (Å²) in [6, 6.07) is 22.8. The Bertz CT molecular complexity index is 1260. The van der Waals surface area contributed by atoms with Crippen LogP contribution in [0.1, 0.15) is 20.7 Å². The van der Waals surface area contributed by atoms with Gasteiger partial charge in [-0.2, -0.15) is 0 Å². The fraction of sp³-hybridized carbons (Fsp3) is 0. The number of hydrogen-bond acceptors (Lipinski definition) is 3. The monoisotopic (exact) mass is 435 g/mol. The van der Waals surface area contributed by atoms with Crippen LogP contribution in [0.5, 0.6) is 0 Å². The minimum atomic E-state index is -0.509. The van der Waals surface area contributed by atoms with Crippen molar-refractivity contribution in [2.45, 2.75) is 0 Å². The van der Waals surface area contributed by atoms with Gasteiger partial charge in [-0.15, -0.1) is 0 Å². The van der Waals surface area contributed by atoms with Crippen LogP contribution in [0.15, 0.2) is 78.9 Å². The summed E-state index contributed by atoms with van der Waals surface area (Å²) in [7, 11) is 0. The van der Waals surface area contributed by atoms with Crippen molar-refractivity contribution in [3.05, 3.63) is 100 Å². The zero-order valence-corrected chi connectivity index (χ0v) is 17.0. The Labute approximate surface area is 182 Å². The number of carbonyl (C=O) groups is 2. The Hall–Kier alpha value is -3.41. The Balaban J connectivity index is 1.65. The number of halogens is 2. The second-order valence-electron chi connectivity index (χ2n) is 6.47. The van der Waals surface area contributed by atoms with E-state index in [2.05, 4.69) is 15.8 Å². The van der Waals surface area contributed by atoms with E-state index in [9.17, 15) is 9.59 Å². The largest absolute Gasteiger partial charge is 0.271 e. The molecule has 0 aliphatic carbocycles. The molecule has 0 radical (unpaired) electrons. The number of hydrazine groups is 1. The molecule has 4 aromatic rings. The smallest absolute Gasteiger partial charge is 0.267 e. The molecule has 3 aromatic carbocycles. The molecule has 5 nitrogen and oxygen atoms in total. The van der Waals surface area contributed by atoms with E-state index in [4.69, 9.17) is 23.2 Å². The first kappa shape index (κ1) is 19.9. The van der Waals surface area contributed by atoms with E-state index in [0.717, 1.165) is 5.56 Å². The van der Waals surface area contributed by atoms with E-state index >= 15 is 0 Å². The van der Waals surface area contributed by atoms with Gasteiger partial charge in [-0.1, -0.05) is 65.7 Å². The van der Waals surface area contributed by atoms with Gasteiger partial charge in [0.1, 0.15) is 0 Å². The fourth-order valence-corrected chi connectivity index (χ4v) is 3.37. The number of pyridine rings is 1. The summed E-state index contributed by atoms with van der Waals surface area (Å²) < 4.78 is 0. The SMILES string of the molecule is O=C(NNC(=O)c1cc(-c2ccc(Cl)cc2)nc2ccccc12)c1ccccc1Cl. The zero-order chi connectivity index (χ0) is 21.1. The quantitative estimate of drug-likeness (QED) is 0.429. The maximum absolute atomic E-state index is 12.9. The third kappa shape index (κ3) is 4.13. The van der Waals surface area contributed by atoms with Gasteiger partial charge in [0.25, 0.3) is 11.8 Å². The summed E-state index contributed by atoms with van der Waals surface area (Å²) in [5.41, 5.74) is 7.61. The predicted molar refractivity (Wildman–Crippen MR) is 119 cm³/mol. The molecule has 148 valence electrons. The highest BCUT2D eigenvalue weighted by Gasteiger charge is 2.16. The Morgan fingerprint density at radius 2 is 1.37 bits per heavy atom. The van der Waals surface area contributed by atoms with Gasteiger partial charge >= 0.3 is 0 Å². The summed E-state index contributed by atoms with van der Waals surface area (Å²) in [4.78, 5) is 29.9. The molecule has 1 heterocycles. The van der Waals surface area contributed by atoms with Crippen molar-refractivity contribution in [3.8, 4) is 11.3 Å². The van der Waals surface area contributed by atoms with Crippen molar-refractivity contribution in [1.29, 1.82) is 0 Å². The standard InChI is InChI=1S/C23H15Cl2N3O2/c24-15-11-9-14(10-12-15)21-13-18(16-5-2-4-8-20(16)26-21)23(30)28-27-22(29)17-6-1-3-7-19(17)25/h1-13H,(H,27,29)(H,28,30). The van der Waals surface area contributed by atoms with Gasteiger partial charge in [-0.3, -0.25) is 20.4 Å². The maximum Gasteiger partial charge on any atom is 0.271 e. The maximum atomic E-state index is 12.9. The van der Waals surface area contributed by atoms with Gasteiger partial charge in [0.15, 0.2) is 0 Å². The molecular weight excluding hydrogens is 421 g/mol. The van der Waals surface area contributed by atoms with Crippen molar-refractivity contribution >= 4 is 45.9 Å². The summed E-state index contributed by atoms with van der Waals surface area (Å²) in [5.74, 6) is -0.977. The van der Waals surface area contributed by atoms with Crippen LogP contribution < -0.4 is 10.9 Å². The van der Waals surface area contributed by atoms with Crippen LogP contribution in [0.3, 0.4) is 0 Å². The van der Waals surface area contributed by atoms with Gasteiger partial charge in [0.2, 0.25) is 0 Å². The highest BCUT2D eigenvalue weighted by atomic mass is 35.5. The predicted octanol–water partition coefficient (Wildman–Crippen LogP) is 5.28. The van der Waals surface area contributed by atoms with Crippen molar-refractivity contribution in [1.82, 2.24) is 15.8 Å². The summed E-state index contributed by atoms with van der Waals surface area (Å²) in [6.07, 6.45) is 0. The van der Waals surface area contributed by atoms with E-state index in [0.29, 0.717) is 32.2 Å². The van der Waals surface area contributed by atoms with Crippen molar-refractivity contribution in [2.75, 3.05) is 0 Å². The number of para-hydroxylation sites is 1. The van der Waals surface area contributed by atoms with Gasteiger partial charge in [-0.25, -0.2) is 4.98 Å². The number of hydrogen-bond donors (Lipinski definition) is 2. The summed E-state index contributed by atoms with van der Waals surface area (Å²) in [6.45, 7) is 0. The van der Waals surface area contributed by atoms with Crippen LogP contribution in [0.25, 0.3) is 22.2 Å². The van der Waals surface area contributed by atoms with Crippen LogP contribution in [0, 0.1) is 0 Å². The molecular formula is C23H15Cl2N3O2. The minimum Gasteiger partial charge on any atom is -0.267 e. The molecule has 2 N–H and O–H groups in total. The third-order valence-corrected chi connectivity index (χ3v) is 5.09. The molecule has 30 heavy (non-hydrogen) atoms. The van der Waals surface area contributed by atoms with Crippen LogP contribution in [-0.2, 0) is 0 Å². The van der Waals surface area contributed by atoms with Crippen molar-refractivity contribution in [2.24, 2.45) is 0 Å². The first-order valence-electron chi connectivity index (χ1n) is 9.04. The van der Waals surface area contributed by atoms with E-state index in [1.165, 1.54) is 0 Å². The van der Waals surface area contributed by atoms with Gasteiger partial charge in [-0.05, 0) is 36.4 Å². The number of aromatic nitrogens is 1. The Morgan fingerprint density at radius 3 is 2.10 bits per heavy atom. The van der Waals surface area contributed by atoms with E-state index in [1.807, 2.05) is 30.3 Å². The van der Waals surface area contributed by atoms with E-state index < -0.39 is 11.8 Å². The second-order valence-corrected chi connectivity index (χ2v) is 7.31. The second kappa shape index (κ2) is 8.53. The van der Waals surface area contributed by atoms with Crippen LogP contribution in [0.2, 0.25) is 10.0 Å². The summed E-state index contributed by atoms with van der Waals surface area (Å²) in [5, 5.41) is 1.57. The molecule has 0 saturated heterocycles. The number of amides is 2. The van der Waals surface area contributed by atoms with E-state index in [-0.39, 0.29) is 5.56 Å². The number of nitrogens with one attached hydrogen (secondary N) is 2. The average Bonchev–Trinajstić information content (AvgIpc) is 2.77. The molecule has 0 saturated carbocycles. The third-order valence-electron chi connectivity index (χ3n) is 4.51. The first-order chi connectivity index (χ1) is 14.5.